The summed E-state index contributed by atoms with van der Waals surface area (Å²) in [6, 6.07) is 0.583. The molecule has 0 unspecified atom stereocenters. The van der Waals surface area contributed by atoms with Crippen LogP contribution in [0.5, 0.6) is 0 Å². The largest absolute Gasteiger partial charge is 0.375 e. The van der Waals surface area contributed by atoms with Crippen LogP contribution in [0.3, 0.4) is 0 Å². The molecule has 0 spiro atoms. The number of nitrogen functional groups attached to an aromatic ring is 1. The van der Waals surface area contributed by atoms with E-state index < -0.39 is 0 Å². The standard InChI is InChI=1S/C11H18N4OS/c1-14(2)8-3-5-15(6-4-8)10(16)9-7-17-11(12)13-9/h7-8H,3-6H2,1-2H3,(H2,12,13). The average molecular weight is 254 g/mol. The lowest BCUT2D eigenvalue weighted by atomic mass is 10.0. The van der Waals surface area contributed by atoms with Crippen LogP contribution in [0.25, 0.3) is 0 Å². The third-order valence-corrected chi connectivity index (χ3v) is 3.90. The molecule has 0 saturated carbocycles. The van der Waals surface area contributed by atoms with Gasteiger partial charge in [-0.1, -0.05) is 0 Å². The number of likely N-dealkylation sites (tertiary alicyclic amines) is 1. The van der Waals surface area contributed by atoms with E-state index in [-0.39, 0.29) is 5.91 Å². The van der Waals surface area contributed by atoms with Crippen LogP contribution in [0.4, 0.5) is 5.13 Å². The Kier molecular flexibility index (Phi) is 3.63. The second-order valence-electron chi connectivity index (χ2n) is 4.56. The number of nitrogens with zero attached hydrogens (tertiary/aromatic N) is 3. The molecule has 2 rings (SSSR count). The maximum Gasteiger partial charge on any atom is 0.273 e. The minimum Gasteiger partial charge on any atom is -0.375 e. The van der Waals surface area contributed by atoms with Gasteiger partial charge in [-0.25, -0.2) is 4.98 Å². The average Bonchev–Trinajstić information content (AvgIpc) is 2.75. The number of carbonyl (C=O) groups is 1. The lowest BCUT2D eigenvalue weighted by molar-refractivity contribution is 0.0658. The summed E-state index contributed by atoms with van der Waals surface area (Å²) in [6.45, 7) is 1.61. The van der Waals surface area contributed by atoms with Gasteiger partial charge in [0.25, 0.3) is 5.91 Å². The molecule has 1 aliphatic heterocycles. The fourth-order valence-corrected chi connectivity index (χ4v) is 2.67. The normalized spacial score (nSPS) is 17.7. The molecule has 1 aromatic rings. The summed E-state index contributed by atoms with van der Waals surface area (Å²) >= 11 is 1.31. The predicted molar refractivity (Wildman–Crippen MR) is 69.1 cm³/mol. The van der Waals surface area contributed by atoms with Crippen molar-refractivity contribution in [1.82, 2.24) is 14.8 Å². The van der Waals surface area contributed by atoms with Crippen molar-refractivity contribution < 1.29 is 4.79 Å². The lowest BCUT2D eigenvalue weighted by Crippen LogP contribution is -2.44. The summed E-state index contributed by atoms with van der Waals surface area (Å²) in [5, 5.41) is 2.19. The van der Waals surface area contributed by atoms with Crippen molar-refractivity contribution in [1.29, 1.82) is 0 Å². The van der Waals surface area contributed by atoms with Gasteiger partial charge in [0.15, 0.2) is 5.13 Å². The molecular formula is C11H18N4OS. The number of piperidine rings is 1. The zero-order valence-electron chi connectivity index (χ0n) is 10.2. The van der Waals surface area contributed by atoms with Gasteiger partial charge < -0.3 is 15.5 Å². The van der Waals surface area contributed by atoms with Crippen molar-refractivity contribution in [3.8, 4) is 0 Å². The number of anilines is 1. The zero-order valence-corrected chi connectivity index (χ0v) is 11.0. The van der Waals surface area contributed by atoms with Gasteiger partial charge in [0.2, 0.25) is 0 Å². The minimum absolute atomic E-state index is 0.00940. The maximum atomic E-state index is 12.1. The first-order valence-electron chi connectivity index (χ1n) is 5.74. The van der Waals surface area contributed by atoms with Gasteiger partial charge in [-0.15, -0.1) is 11.3 Å². The van der Waals surface area contributed by atoms with Crippen molar-refractivity contribution in [2.45, 2.75) is 18.9 Å². The van der Waals surface area contributed by atoms with Gasteiger partial charge in [0, 0.05) is 24.5 Å². The number of hydrogen-bond donors (Lipinski definition) is 1. The van der Waals surface area contributed by atoms with E-state index in [0.717, 1.165) is 25.9 Å². The number of nitrogens with two attached hydrogens (primary N) is 1. The molecule has 0 radical (unpaired) electrons. The Bertz CT molecular complexity index is 396. The molecule has 94 valence electrons. The number of aromatic nitrogens is 1. The Hall–Kier alpha value is -1.14. The molecule has 6 heteroatoms. The molecule has 2 heterocycles. The fourth-order valence-electron chi connectivity index (χ4n) is 2.13. The van der Waals surface area contributed by atoms with Gasteiger partial charge in [0.05, 0.1) is 0 Å². The quantitative estimate of drug-likeness (QED) is 0.851. The Balaban J connectivity index is 1.95. The number of amides is 1. The van der Waals surface area contributed by atoms with E-state index in [1.165, 1.54) is 11.3 Å². The van der Waals surface area contributed by atoms with Crippen LogP contribution in [0.15, 0.2) is 5.38 Å². The third-order valence-electron chi connectivity index (χ3n) is 3.22. The van der Waals surface area contributed by atoms with Crippen LogP contribution in [-0.4, -0.2) is 53.9 Å². The van der Waals surface area contributed by atoms with E-state index in [1.54, 1.807) is 5.38 Å². The van der Waals surface area contributed by atoms with Gasteiger partial charge in [-0.05, 0) is 26.9 Å². The van der Waals surface area contributed by atoms with Crippen LogP contribution >= 0.6 is 11.3 Å². The second-order valence-corrected chi connectivity index (χ2v) is 5.45. The molecule has 1 aromatic heterocycles. The van der Waals surface area contributed by atoms with E-state index in [0.29, 0.717) is 16.9 Å². The Morgan fingerprint density at radius 1 is 1.53 bits per heavy atom. The highest BCUT2D eigenvalue weighted by atomic mass is 32.1. The zero-order chi connectivity index (χ0) is 12.4. The molecule has 1 saturated heterocycles. The summed E-state index contributed by atoms with van der Waals surface area (Å²) in [5.74, 6) is 0.00940. The first-order valence-corrected chi connectivity index (χ1v) is 6.62. The second kappa shape index (κ2) is 5.01. The first kappa shape index (κ1) is 12.3. The fraction of sp³-hybridized carbons (Fsp3) is 0.636. The highest BCUT2D eigenvalue weighted by Gasteiger charge is 2.25. The van der Waals surface area contributed by atoms with Crippen LogP contribution in [-0.2, 0) is 0 Å². The highest BCUT2D eigenvalue weighted by molar-refractivity contribution is 7.13. The first-order chi connectivity index (χ1) is 8.08. The molecule has 17 heavy (non-hydrogen) atoms. The van der Waals surface area contributed by atoms with Gasteiger partial charge in [0.1, 0.15) is 5.69 Å². The van der Waals surface area contributed by atoms with Crippen molar-refractivity contribution in [3.05, 3.63) is 11.1 Å². The summed E-state index contributed by atoms with van der Waals surface area (Å²) in [5.41, 5.74) is 6.02. The Labute approximate surface area is 105 Å². The predicted octanol–water partition coefficient (Wildman–Crippen LogP) is 0.891. The van der Waals surface area contributed by atoms with E-state index in [1.807, 2.05) is 4.90 Å². The van der Waals surface area contributed by atoms with Crippen molar-refractivity contribution in [3.63, 3.8) is 0 Å². The number of hydrogen-bond acceptors (Lipinski definition) is 5. The van der Waals surface area contributed by atoms with Gasteiger partial charge >= 0.3 is 0 Å². The molecule has 1 aliphatic rings. The van der Waals surface area contributed by atoms with E-state index in [4.69, 9.17) is 5.73 Å². The third kappa shape index (κ3) is 2.76. The maximum absolute atomic E-state index is 12.1. The highest BCUT2D eigenvalue weighted by Crippen LogP contribution is 2.18. The summed E-state index contributed by atoms with van der Waals surface area (Å²) in [7, 11) is 4.17. The topological polar surface area (TPSA) is 62.5 Å². The molecule has 2 N–H and O–H groups in total. The number of rotatable bonds is 2. The minimum atomic E-state index is 0.00940. The van der Waals surface area contributed by atoms with E-state index in [2.05, 4.69) is 24.0 Å². The molecule has 5 nitrogen and oxygen atoms in total. The SMILES string of the molecule is CN(C)C1CCN(C(=O)c2csc(N)n2)CC1. The molecule has 1 amide bonds. The lowest BCUT2D eigenvalue weighted by Gasteiger charge is -2.34. The molecule has 1 fully saturated rings. The molecule has 0 bridgehead atoms. The summed E-state index contributed by atoms with van der Waals surface area (Å²) < 4.78 is 0. The van der Waals surface area contributed by atoms with Crippen molar-refractivity contribution in [2.75, 3.05) is 32.9 Å². The Morgan fingerprint density at radius 2 is 2.18 bits per heavy atom. The summed E-state index contributed by atoms with van der Waals surface area (Å²) in [6.07, 6.45) is 2.05. The summed E-state index contributed by atoms with van der Waals surface area (Å²) in [4.78, 5) is 20.2. The van der Waals surface area contributed by atoms with E-state index in [9.17, 15) is 4.79 Å². The molecule has 0 aliphatic carbocycles. The van der Waals surface area contributed by atoms with Crippen LogP contribution < -0.4 is 5.73 Å². The van der Waals surface area contributed by atoms with Gasteiger partial charge in [-0.2, -0.15) is 0 Å². The van der Waals surface area contributed by atoms with Crippen LogP contribution in [0.2, 0.25) is 0 Å². The van der Waals surface area contributed by atoms with Crippen molar-refractivity contribution in [2.24, 2.45) is 0 Å². The Morgan fingerprint density at radius 3 is 2.65 bits per heavy atom. The smallest absolute Gasteiger partial charge is 0.273 e. The van der Waals surface area contributed by atoms with Gasteiger partial charge in [-0.3, -0.25) is 4.79 Å². The molecule has 0 atom stereocenters. The van der Waals surface area contributed by atoms with Crippen LogP contribution in [0, 0.1) is 0 Å². The number of thiazole rings is 1. The van der Waals surface area contributed by atoms with Crippen molar-refractivity contribution >= 4 is 22.4 Å². The number of carbonyl (C=O) groups excluding carboxylic acids is 1. The van der Waals surface area contributed by atoms with Crippen LogP contribution in [0.1, 0.15) is 23.3 Å². The molecular weight excluding hydrogens is 236 g/mol. The monoisotopic (exact) mass is 254 g/mol. The van der Waals surface area contributed by atoms with E-state index >= 15 is 0 Å². The molecule has 0 aromatic carbocycles.